The van der Waals surface area contributed by atoms with E-state index in [2.05, 4.69) is 0 Å². The fourth-order valence-electron chi connectivity index (χ4n) is 3.56. The van der Waals surface area contributed by atoms with Gasteiger partial charge in [-0.25, -0.2) is 9.59 Å². The molecular weight excluding hydrogens is 416 g/mol. The number of piperazine rings is 1. The van der Waals surface area contributed by atoms with Gasteiger partial charge in [0, 0.05) is 19.5 Å². The van der Waals surface area contributed by atoms with Crippen LogP contribution in [0.15, 0.2) is 30.3 Å². The second-order valence-electron chi connectivity index (χ2n) is 8.46. The summed E-state index contributed by atoms with van der Waals surface area (Å²) < 4.78 is 10.8. The largest absolute Gasteiger partial charge is 0.464 e. The van der Waals surface area contributed by atoms with Gasteiger partial charge in [0.1, 0.15) is 17.7 Å². The molecule has 0 saturated carbocycles. The molecule has 0 aromatic heterocycles. The predicted octanol–water partition coefficient (Wildman–Crippen LogP) is 3.36. The smallest absolute Gasteiger partial charge is 0.411 e. The topological polar surface area (TPSA) is 76.2 Å². The number of thioether (sulfide) groups is 1. The molecule has 31 heavy (non-hydrogen) atoms. The van der Waals surface area contributed by atoms with E-state index in [9.17, 15) is 14.4 Å². The Kier molecular flexibility index (Phi) is 9.22. The molecule has 1 fully saturated rings. The number of rotatable bonds is 8. The van der Waals surface area contributed by atoms with E-state index in [1.807, 2.05) is 36.6 Å². The van der Waals surface area contributed by atoms with Crippen LogP contribution in [0.25, 0.3) is 0 Å². The zero-order valence-corrected chi connectivity index (χ0v) is 19.9. The van der Waals surface area contributed by atoms with E-state index < -0.39 is 29.7 Å². The van der Waals surface area contributed by atoms with Gasteiger partial charge < -0.3 is 14.4 Å². The van der Waals surface area contributed by atoms with Gasteiger partial charge in [0.2, 0.25) is 5.91 Å². The van der Waals surface area contributed by atoms with E-state index >= 15 is 0 Å². The minimum absolute atomic E-state index is 0.236. The van der Waals surface area contributed by atoms with E-state index in [1.165, 1.54) is 4.90 Å². The van der Waals surface area contributed by atoms with E-state index in [-0.39, 0.29) is 19.1 Å². The lowest BCUT2D eigenvalue weighted by atomic mass is 10.0. The van der Waals surface area contributed by atoms with Gasteiger partial charge in [0.15, 0.2) is 0 Å². The number of carbonyl (C=O) groups excluding carboxylic acids is 3. The molecule has 1 aliphatic heterocycles. The van der Waals surface area contributed by atoms with Crippen molar-refractivity contribution < 1.29 is 23.9 Å². The van der Waals surface area contributed by atoms with Crippen LogP contribution >= 0.6 is 11.8 Å². The van der Waals surface area contributed by atoms with Gasteiger partial charge in [0.05, 0.1) is 6.61 Å². The van der Waals surface area contributed by atoms with Crippen LogP contribution in [0, 0.1) is 0 Å². The van der Waals surface area contributed by atoms with Crippen LogP contribution in [0.3, 0.4) is 0 Å². The third-order valence-corrected chi connectivity index (χ3v) is 5.60. The molecule has 0 unspecified atom stereocenters. The van der Waals surface area contributed by atoms with Crippen molar-refractivity contribution in [1.82, 2.24) is 9.80 Å². The molecule has 0 bridgehead atoms. The zero-order valence-electron chi connectivity index (χ0n) is 19.1. The van der Waals surface area contributed by atoms with E-state index in [0.29, 0.717) is 25.1 Å². The Labute approximate surface area is 189 Å². The Bertz CT molecular complexity index is 750. The first-order valence-corrected chi connectivity index (χ1v) is 12.1. The second kappa shape index (κ2) is 11.4. The first-order chi connectivity index (χ1) is 14.7. The van der Waals surface area contributed by atoms with Gasteiger partial charge >= 0.3 is 12.1 Å². The monoisotopic (exact) mass is 450 g/mol. The molecule has 1 saturated heterocycles. The van der Waals surface area contributed by atoms with Gasteiger partial charge in [-0.05, 0) is 51.7 Å². The second-order valence-corrected chi connectivity index (χ2v) is 9.45. The maximum atomic E-state index is 13.5. The van der Waals surface area contributed by atoms with Crippen molar-refractivity contribution >= 4 is 29.7 Å². The van der Waals surface area contributed by atoms with Gasteiger partial charge in [-0.1, -0.05) is 30.3 Å². The number of nitrogens with zero attached hydrogens (tertiary/aromatic N) is 2. The lowest BCUT2D eigenvalue weighted by molar-refractivity contribution is -0.159. The molecule has 0 N–H and O–H groups in total. The van der Waals surface area contributed by atoms with E-state index in [4.69, 9.17) is 9.47 Å². The van der Waals surface area contributed by atoms with Crippen LogP contribution < -0.4 is 0 Å². The number of ether oxygens (including phenoxy) is 2. The Hall–Kier alpha value is -2.22. The van der Waals surface area contributed by atoms with E-state index in [0.717, 1.165) is 5.56 Å². The maximum absolute atomic E-state index is 13.5. The van der Waals surface area contributed by atoms with Crippen molar-refractivity contribution in [2.24, 2.45) is 0 Å². The molecule has 0 spiro atoms. The van der Waals surface area contributed by atoms with Crippen molar-refractivity contribution in [1.29, 1.82) is 0 Å². The number of amides is 2. The molecule has 2 amide bonds. The Morgan fingerprint density at radius 1 is 1.19 bits per heavy atom. The summed E-state index contributed by atoms with van der Waals surface area (Å²) in [4.78, 5) is 42.2. The fraction of sp³-hybridized carbons (Fsp3) is 0.609. The van der Waals surface area contributed by atoms with Crippen LogP contribution in [0.4, 0.5) is 4.79 Å². The van der Waals surface area contributed by atoms with Crippen molar-refractivity contribution in [2.45, 2.75) is 58.2 Å². The summed E-state index contributed by atoms with van der Waals surface area (Å²) in [6, 6.07) is 8.18. The summed E-state index contributed by atoms with van der Waals surface area (Å²) in [5, 5.41) is 0. The van der Waals surface area contributed by atoms with Gasteiger partial charge in [-0.15, -0.1) is 0 Å². The highest BCUT2D eigenvalue weighted by Crippen LogP contribution is 2.23. The maximum Gasteiger partial charge on any atom is 0.411 e. The summed E-state index contributed by atoms with van der Waals surface area (Å²) in [5.74, 6) is 0.0564. The summed E-state index contributed by atoms with van der Waals surface area (Å²) in [5.41, 5.74) is 0.297. The normalized spacial score (nSPS) is 18.0. The molecule has 2 rings (SSSR count). The summed E-state index contributed by atoms with van der Waals surface area (Å²) in [6.45, 7) is 7.96. The molecule has 1 aliphatic rings. The van der Waals surface area contributed by atoms with Crippen LogP contribution in [0.1, 0.15) is 39.7 Å². The van der Waals surface area contributed by atoms with Crippen LogP contribution in [-0.4, -0.2) is 77.2 Å². The van der Waals surface area contributed by atoms with Gasteiger partial charge in [-0.3, -0.25) is 9.69 Å². The standard InChI is InChI=1S/C23H34N2O5S/c1-6-29-21(27)19(16-17-10-8-7-9-11-17)24-13-14-25(22(28)30-23(2,3)4)18(20(24)26)12-15-31-5/h7-11,18-19H,6,12-16H2,1-5H3/t18-,19+/m1/s1. The van der Waals surface area contributed by atoms with E-state index in [1.54, 1.807) is 44.4 Å². The van der Waals surface area contributed by atoms with Crippen LogP contribution in [-0.2, 0) is 25.5 Å². The van der Waals surface area contributed by atoms with Crippen molar-refractivity contribution in [3.8, 4) is 0 Å². The average molecular weight is 451 g/mol. The highest BCUT2D eigenvalue weighted by molar-refractivity contribution is 7.98. The molecule has 1 aromatic carbocycles. The molecule has 7 nitrogen and oxygen atoms in total. The van der Waals surface area contributed by atoms with Crippen LogP contribution in [0.2, 0.25) is 0 Å². The van der Waals surface area contributed by atoms with Crippen molar-refractivity contribution in [3.05, 3.63) is 35.9 Å². The quantitative estimate of drug-likeness (QED) is 0.566. The number of hydrogen-bond acceptors (Lipinski definition) is 6. The van der Waals surface area contributed by atoms with Gasteiger partial charge in [0.25, 0.3) is 0 Å². The third kappa shape index (κ3) is 7.16. The summed E-state index contributed by atoms with van der Waals surface area (Å²) >= 11 is 1.61. The van der Waals surface area contributed by atoms with Crippen molar-refractivity contribution in [3.63, 3.8) is 0 Å². The number of benzene rings is 1. The third-order valence-electron chi connectivity index (χ3n) is 4.96. The molecule has 1 aromatic rings. The highest BCUT2D eigenvalue weighted by atomic mass is 32.2. The lowest BCUT2D eigenvalue weighted by Crippen LogP contribution is -2.63. The molecule has 1 heterocycles. The Balaban J connectivity index is 2.28. The lowest BCUT2D eigenvalue weighted by Gasteiger charge is -2.43. The molecule has 0 aliphatic carbocycles. The molecular formula is C23H34N2O5S. The molecule has 8 heteroatoms. The number of hydrogen-bond donors (Lipinski definition) is 0. The number of esters is 1. The SMILES string of the molecule is CCOC(=O)[C@H](Cc1ccccc1)N1CCN(C(=O)OC(C)(C)C)[C@H](CCSC)C1=O. The first-order valence-electron chi connectivity index (χ1n) is 10.7. The average Bonchev–Trinajstić information content (AvgIpc) is 2.71. The predicted molar refractivity (Wildman–Crippen MR) is 122 cm³/mol. The highest BCUT2D eigenvalue weighted by Gasteiger charge is 2.43. The summed E-state index contributed by atoms with van der Waals surface area (Å²) in [7, 11) is 0. The molecule has 0 radical (unpaired) electrons. The zero-order chi connectivity index (χ0) is 23.0. The summed E-state index contributed by atoms with van der Waals surface area (Å²) in [6.07, 6.45) is 2.33. The Morgan fingerprint density at radius 3 is 2.45 bits per heavy atom. The van der Waals surface area contributed by atoms with Crippen molar-refractivity contribution in [2.75, 3.05) is 31.7 Å². The number of carbonyl (C=O) groups is 3. The van der Waals surface area contributed by atoms with Crippen LogP contribution in [0.5, 0.6) is 0 Å². The first kappa shape index (κ1) is 25.0. The molecule has 172 valence electrons. The minimum atomic E-state index is -0.729. The minimum Gasteiger partial charge on any atom is -0.464 e. The fourth-order valence-corrected chi connectivity index (χ4v) is 4.02. The molecule has 2 atom stereocenters. The van der Waals surface area contributed by atoms with Gasteiger partial charge in [-0.2, -0.15) is 11.8 Å². The Morgan fingerprint density at radius 2 is 1.87 bits per heavy atom.